The smallest absolute Gasteiger partial charge is 0.259 e. The normalized spacial score (nSPS) is 23.1. The van der Waals surface area contributed by atoms with Gasteiger partial charge in [0.05, 0.1) is 6.04 Å². The average Bonchev–Trinajstić information content (AvgIpc) is 2.20. The second-order valence-corrected chi connectivity index (χ2v) is 5.51. The first-order valence-corrected chi connectivity index (χ1v) is 5.96. The Morgan fingerprint density at radius 1 is 1.41 bits per heavy atom. The molecule has 0 radical (unpaired) electrons. The summed E-state index contributed by atoms with van der Waals surface area (Å²) < 4.78 is 0. The van der Waals surface area contributed by atoms with Gasteiger partial charge in [-0.1, -0.05) is 34.1 Å². The lowest BCUT2D eigenvalue weighted by Gasteiger charge is -2.30. The van der Waals surface area contributed by atoms with Gasteiger partial charge < -0.3 is 11.1 Å². The van der Waals surface area contributed by atoms with Crippen molar-refractivity contribution in [2.75, 3.05) is 0 Å². The Morgan fingerprint density at radius 2 is 2.00 bits per heavy atom. The van der Waals surface area contributed by atoms with E-state index in [0.717, 1.165) is 6.42 Å². The van der Waals surface area contributed by atoms with Crippen LogP contribution in [0.2, 0.25) is 0 Å². The van der Waals surface area contributed by atoms with E-state index in [1.54, 1.807) is 0 Å². The molecule has 96 valence electrons. The van der Waals surface area contributed by atoms with Gasteiger partial charge in [0.2, 0.25) is 5.91 Å². The van der Waals surface area contributed by atoms with Crippen molar-refractivity contribution in [3.63, 3.8) is 0 Å². The first-order valence-electron chi connectivity index (χ1n) is 5.96. The summed E-state index contributed by atoms with van der Waals surface area (Å²) in [6.07, 6.45) is 1.31. The number of nitrogens with two attached hydrogens (primary N) is 1. The lowest BCUT2D eigenvalue weighted by molar-refractivity contribution is -0.133. The zero-order valence-electron chi connectivity index (χ0n) is 10.9. The Morgan fingerprint density at radius 3 is 2.41 bits per heavy atom. The van der Waals surface area contributed by atoms with Gasteiger partial charge in [-0.05, 0) is 11.8 Å². The zero-order chi connectivity index (χ0) is 13.2. The molecule has 2 unspecified atom stereocenters. The van der Waals surface area contributed by atoms with Crippen molar-refractivity contribution < 1.29 is 9.59 Å². The standard InChI is InChI=1S/C12H21N3O2/c1-5-6-7-10(16)14-9(15-11(7)17)8(13)12(2,3)4/h7-8H,5-6,13H2,1-4H3,(H,14,15,16,17). The van der Waals surface area contributed by atoms with Crippen LogP contribution in [0.4, 0.5) is 0 Å². The Balaban J connectivity index is 2.90. The Labute approximate surface area is 102 Å². The fraction of sp³-hybridized carbons (Fsp3) is 0.750. The molecule has 1 heterocycles. The van der Waals surface area contributed by atoms with Gasteiger partial charge in [0.15, 0.2) is 0 Å². The molecular weight excluding hydrogens is 218 g/mol. The van der Waals surface area contributed by atoms with E-state index in [4.69, 9.17) is 5.73 Å². The summed E-state index contributed by atoms with van der Waals surface area (Å²) in [7, 11) is 0. The first kappa shape index (κ1) is 13.8. The molecule has 0 saturated carbocycles. The number of rotatable bonds is 3. The summed E-state index contributed by atoms with van der Waals surface area (Å²) in [6, 6.07) is -0.446. The molecule has 1 rings (SSSR count). The van der Waals surface area contributed by atoms with Crippen LogP contribution >= 0.6 is 0 Å². The number of nitrogens with one attached hydrogen (secondary N) is 1. The van der Waals surface area contributed by atoms with Crippen LogP contribution in [0.25, 0.3) is 0 Å². The van der Waals surface area contributed by atoms with E-state index in [-0.39, 0.29) is 17.2 Å². The third-order valence-electron chi connectivity index (χ3n) is 2.90. The molecule has 0 aromatic carbocycles. The van der Waals surface area contributed by atoms with Crippen LogP contribution in [0.1, 0.15) is 40.5 Å². The SMILES string of the molecule is CCCC1C(=O)N=C(C(N)C(C)(C)C)NC1=O. The highest BCUT2D eigenvalue weighted by Crippen LogP contribution is 2.20. The fourth-order valence-electron chi connectivity index (χ4n) is 1.65. The van der Waals surface area contributed by atoms with Gasteiger partial charge in [-0.3, -0.25) is 9.59 Å². The number of hydrogen-bond donors (Lipinski definition) is 2. The molecule has 0 saturated heterocycles. The highest BCUT2D eigenvalue weighted by Gasteiger charge is 2.35. The summed E-state index contributed by atoms with van der Waals surface area (Å²) in [4.78, 5) is 27.4. The summed E-state index contributed by atoms with van der Waals surface area (Å²) in [5.41, 5.74) is 5.73. The molecule has 0 aliphatic carbocycles. The van der Waals surface area contributed by atoms with Gasteiger partial charge in [0, 0.05) is 0 Å². The summed E-state index contributed by atoms with van der Waals surface area (Å²) in [6.45, 7) is 7.75. The second kappa shape index (κ2) is 4.96. The van der Waals surface area contributed by atoms with E-state index < -0.39 is 12.0 Å². The summed E-state index contributed by atoms with van der Waals surface area (Å²) in [5, 5.41) is 2.65. The molecule has 2 amide bonds. The molecule has 5 heteroatoms. The second-order valence-electron chi connectivity index (χ2n) is 5.51. The number of carbonyl (C=O) groups excluding carboxylic acids is 2. The quantitative estimate of drug-likeness (QED) is 0.715. The van der Waals surface area contributed by atoms with Crippen LogP contribution in [0.5, 0.6) is 0 Å². The summed E-state index contributed by atoms with van der Waals surface area (Å²) in [5.74, 6) is -0.998. The maximum atomic E-state index is 11.8. The Bertz CT molecular complexity index is 355. The van der Waals surface area contributed by atoms with Gasteiger partial charge in [-0.2, -0.15) is 4.99 Å². The lowest BCUT2D eigenvalue weighted by atomic mass is 9.85. The van der Waals surface area contributed by atoms with E-state index in [1.165, 1.54) is 0 Å². The van der Waals surface area contributed by atoms with Gasteiger partial charge in [-0.25, -0.2) is 0 Å². The van der Waals surface area contributed by atoms with Crippen molar-refractivity contribution in [1.82, 2.24) is 5.32 Å². The predicted octanol–water partition coefficient (Wildman–Crippen LogP) is 0.831. The highest BCUT2D eigenvalue weighted by molar-refractivity contribution is 6.17. The topological polar surface area (TPSA) is 84.6 Å². The molecule has 1 aliphatic rings. The monoisotopic (exact) mass is 239 g/mol. The van der Waals surface area contributed by atoms with Crippen LogP contribution in [0, 0.1) is 11.3 Å². The molecule has 0 aromatic rings. The molecule has 2 atom stereocenters. The van der Waals surface area contributed by atoms with Crippen molar-refractivity contribution in [2.45, 2.75) is 46.6 Å². The first-order chi connectivity index (χ1) is 7.77. The van der Waals surface area contributed by atoms with Crippen molar-refractivity contribution in [3.8, 4) is 0 Å². The molecule has 0 aromatic heterocycles. The van der Waals surface area contributed by atoms with E-state index in [1.807, 2.05) is 27.7 Å². The van der Waals surface area contributed by atoms with Gasteiger partial charge in [-0.15, -0.1) is 0 Å². The minimum atomic E-state index is -0.643. The molecule has 1 aliphatic heterocycles. The number of amidine groups is 1. The molecular formula is C12H21N3O2. The zero-order valence-corrected chi connectivity index (χ0v) is 10.9. The van der Waals surface area contributed by atoms with E-state index in [2.05, 4.69) is 10.3 Å². The predicted molar refractivity (Wildman–Crippen MR) is 66.4 cm³/mol. The maximum Gasteiger partial charge on any atom is 0.259 e. The largest absolute Gasteiger partial charge is 0.321 e. The minimum absolute atomic E-state index is 0.246. The number of aliphatic imine (C=N–C) groups is 1. The van der Waals surface area contributed by atoms with Crippen molar-refractivity contribution in [1.29, 1.82) is 0 Å². The molecule has 17 heavy (non-hydrogen) atoms. The van der Waals surface area contributed by atoms with Crippen LogP contribution < -0.4 is 11.1 Å². The molecule has 0 bridgehead atoms. The van der Waals surface area contributed by atoms with E-state index in [9.17, 15) is 9.59 Å². The van der Waals surface area contributed by atoms with Crippen molar-refractivity contribution in [3.05, 3.63) is 0 Å². The van der Waals surface area contributed by atoms with E-state index >= 15 is 0 Å². The highest BCUT2D eigenvalue weighted by atomic mass is 16.2. The summed E-state index contributed by atoms with van der Waals surface area (Å²) >= 11 is 0. The minimum Gasteiger partial charge on any atom is -0.321 e. The lowest BCUT2D eigenvalue weighted by Crippen LogP contribution is -2.55. The average molecular weight is 239 g/mol. The number of hydrogen-bond acceptors (Lipinski definition) is 3. The van der Waals surface area contributed by atoms with Crippen LogP contribution in [0.3, 0.4) is 0 Å². The van der Waals surface area contributed by atoms with Gasteiger partial charge in [0.25, 0.3) is 5.91 Å². The van der Waals surface area contributed by atoms with E-state index in [0.29, 0.717) is 12.3 Å². The molecule has 0 fully saturated rings. The van der Waals surface area contributed by atoms with Crippen LogP contribution in [0.15, 0.2) is 4.99 Å². The third-order valence-corrected chi connectivity index (χ3v) is 2.90. The number of amides is 2. The number of nitrogens with zero attached hydrogens (tertiary/aromatic N) is 1. The van der Waals surface area contributed by atoms with Gasteiger partial charge in [0.1, 0.15) is 11.8 Å². The molecule has 0 spiro atoms. The van der Waals surface area contributed by atoms with Crippen molar-refractivity contribution >= 4 is 17.6 Å². The van der Waals surface area contributed by atoms with Crippen molar-refractivity contribution in [2.24, 2.45) is 22.1 Å². The Hall–Kier alpha value is -1.23. The maximum absolute atomic E-state index is 11.8. The van der Waals surface area contributed by atoms with Crippen LogP contribution in [-0.4, -0.2) is 23.7 Å². The van der Waals surface area contributed by atoms with Gasteiger partial charge >= 0.3 is 0 Å². The fourth-order valence-corrected chi connectivity index (χ4v) is 1.65. The Kier molecular flexibility index (Phi) is 4.03. The third kappa shape index (κ3) is 3.12. The molecule has 3 N–H and O–H groups in total. The molecule has 5 nitrogen and oxygen atoms in total. The van der Waals surface area contributed by atoms with Crippen LogP contribution in [-0.2, 0) is 9.59 Å². The number of carbonyl (C=O) groups is 2.